The standard InChI is InChI=1S/C13H22N2O2/c1-3-15-5-7-16-12(10-15)8-14-9-13-11(2)4-6-17-13/h4,6,12,14H,3,5,7-10H2,1-2H3. The van der Waals surface area contributed by atoms with Crippen LogP contribution in [0.2, 0.25) is 0 Å². The van der Waals surface area contributed by atoms with Gasteiger partial charge in [-0.25, -0.2) is 0 Å². The molecule has 1 saturated heterocycles. The van der Waals surface area contributed by atoms with Crippen molar-refractivity contribution in [3.05, 3.63) is 23.7 Å². The molecular formula is C13H22N2O2. The summed E-state index contributed by atoms with van der Waals surface area (Å²) in [6.07, 6.45) is 2.04. The fourth-order valence-corrected chi connectivity index (χ4v) is 2.12. The number of hydrogen-bond donors (Lipinski definition) is 1. The molecule has 1 atom stereocenters. The monoisotopic (exact) mass is 238 g/mol. The Morgan fingerprint density at radius 2 is 2.41 bits per heavy atom. The van der Waals surface area contributed by atoms with Crippen molar-refractivity contribution in [3.8, 4) is 0 Å². The van der Waals surface area contributed by atoms with Gasteiger partial charge in [-0.05, 0) is 25.1 Å². The molecule has 4 nitrogen and oxygen atoms in total. The summed E-state index contributed by atoms with van der Waals surface area (Å²) >= 11 is 0. The lowest BCUT2D eigenvalue weighted by atomic mass is 10.2. The van der Waals surface area contributed by atoms with Crippen molar-refractivity contribution >= 4 is 0 Å². The van der Waals surface area contributed by atoms with E-state index in [1.54, 1.807) is 6.26 Å². The minimum atomic E-state index is 0.305. The Morgan fingerprint density at radius 1 is 1.53 bits per heavy atom. The van der Waals surface area contributed by atoms with Gasteiger partial charge in [0, 0.05) is 19.6 Å². The Labute approximate surface area is 103 Å². The van der Waals surface area contributed by atoms with Crippen LogP contribution in [0.5, 0.6) is 0 Å². The highest BCUT2D eigenvalue weighted by Gasteiger charge is 2.18. The topological polar surface area (TPSA) is 37.6 Å². The third kappa shape index (κ3) is 3.56. The van der Waals surface area contributed by atoms with E-state index >= 15 is 0 Å². The molecule has 96 valence electrons. The zero-order valence-electron chi connectivity index (χ0n) is 10.7. The van der Waals surface area contributed by atoms with Crippen LogP contribution in [0.4, 0.5) is 0 Å². The molecule has 2 rings (SSSR count). The van der Waals surface area contributed by atoms with Crippen LogP contribution in [0, 0.1) is 6.92 Å². The number of morpholine rings is 1. The molecule has 0 aliphatic carbocycles. The molecule has 0 aromatic carbocycles. The summed E-state index contributed by atoms with van der Waals surface area (Å²) in [7, 11) is 0. The van der Waals surface area contributed by atoms with E-state index in [9.17, 15) is 0 Å². The quantitative estimate of drug-likeness (QED) is 0.841. The number of ether oxygens (including phenoxy) is 1. The van der Waals surface area contributed by atoms with Gasteiger partial charge in [0.15, 0.2) is 0 Å². The van der Waals surface area contributed by atoms with Crippen molar-refractivity contribution in [3.63, 3.8) is 0 Å². The van der Waals surface area contributed by atoms with Crippen molar-refractivity contribution in [2.24, 2.45) is 0 Å². The summed E-state index contributed by atoms with van der Waals surface area (Å²) in [5.41, 5.74) is 1.21. The van der Waals surface area contributed by atoms with E-state index in [0.29, 0.717) is 6.10 Å². The normalized spacial score (nSPS) is 21.9. The highest BCUT2D eigenvalue weighted by atomic mass is 16.5. The molecule has 1 aromatic rings. The van der Waals surface area contributed by atoms with Gasteiger partial charge >= 0.3 is 0 Å². The predicted octanol–water partition coefficient (Wildman–Crippen LogP) is 1.40. The van der Waals surface area contributed by atoms with Crippen LogP contribution in [-0.2, 0) is 11.3 Å². The predicted molar refractivity (Wildman–Crippen MR) is 67.0 cm³/mol. The average molecular weight is 238 g/mol. The van der Waals surface area contributed by atoms with Gasteiger partial charge in [-0.15, -0.1) is 0 Å². The Morgan fingerprint density at radius 3 is 3.12 bits per heavy atom. The zero-order chi connectivity index (χ0) is 12.1. The molecule has 0 amide bonds. The van der Waals surface area contributed by atoms with Gasteiger partial charge in [-0.1, -0.05) is 6.92 Å². The number of hydrogen-bond acceptors (Lipinski definition) is 4. The van der Waals surface area contributed by atoms with Crippen LogP contribution in [0.1, 0.15) is 18.2 Å². The van der Waals surface area contributed by atoms with E-state index in [-0.39, 0.29) is 0 Å². The third-order valence-corrected chi connectivity index (χ3v) is 3.30. The van der Waals surface area contributed by atoms with E-state index in [0.717, 1.165) is 45.1 Å². The molecule has 1 aliphatic rings. The van der Waals surface area contributed by atoms with Crippen LogP contribution in [0.3, 0.4) is 0 Å². The van der Waals surface area contributed by atoms with Gasteiger partial charge in [0.05, 0.1) is 25.5 Å². The van der Waals surface area contributed by atoms with Crippen LogP contribution >= 0.6 is 0 Å². The molecule has 1 fully saturated rings. The van der Waals surface area contributed by atoms with Crippen LogP contribution in [0.15, 0.2) is 16.7 Å². The zero-order valence-corrected chi connectivity index (χ0v) is 10.7. The first-order chi connectivity index (χ1) is 8.29. The largest absolute Gasteiger partial charge is 0.468 e. The molecule has 1 N–H and O–H groups in total. The maximum absolute atomic E-state index is 5.72. The smallest absolute Gasteiger partial charge is 0.120 e. The average Bonchev–Trinajstić information content (AvgIpc) is 2.76. The van der Waals surface area contributed by atoms with E-state index in [2.05, 4.69) is 24.1 Å². The van der Waals surface area contributed by atoms with Crippen molar-refractivity contribution in [1.29, 1.82) is 0 Å². The lowest BCUT2D eigenvalue weighted by Crippen LogP contribution is -2.46. The summed E-state index contributed by atoms with van der Waals surface area (Å²) in [4.78, 5) is 2.42. The second kappa shape index (κ2) is 6.19. The highest BCUT2D eigenvalue weighted by molar-refractivity contribution is 5.14. The van der Waals surface area contributed by atoms with Gasteiger partial charge in [0.2, 0.25) is 0 Å². The highest BCUT2D eigenvalue weighted by Crippen LogP contribution is 2.08. The van der Waals surface area contributed by atoms with Gasteiger partial charge in [-0.2, -0.15) is 0 Å². The molecular weight excluding hydrogens is 216 g/mol. The van der Waals surface area contributed by atoms with Crippen molar-refractivity contribution in [1.82, 2.24) is 10.2 Å². The Bertz CT molecular complexity index is 338. The number of likely N-dealkylation sites (N-methyl/N-ethyl adjacent to an activating group) is 1. The lowest BCUT2D eigenvalue weighted by Gasteiger charge is -2.32. The Kier molecular flexibility index (Phi) is 4.59. The summed E-state index contributed by atoms with van der Waals surface area (Å²) in [6.45, 7) is 9.97. The van der Waals surface area contributed by atoms with Crippen LogP contribution < -0.4 is 5.32 Å². The molecule has 0 spiro atoms. The summed E-state index contributed by atoms with van der Waals surface area (Å²) in [5, 5.41) is 3.40. The Balaban J connectivity index is 1.70. The second-order valence-corrected chi connectivity index (χ2v) is 4.54. The van der Waals surface area contributed by atoms with Gasteiger partial charge in [0.1, 0.15) is 5.76 Å². The van der Waals surface area contributed by atoms with Crippen molar-refractivity contribution in [2.75, 3.05) is 32.8 Å². The van der Waals surface area contributed by atoms with Crippen molar-refractivity contribution in [2.45, 2.75) is 26.5 Å². The lowest BCUT2D eigenvalue weighted by molar-refractivity contribution is -0.0255. The molecule has 0 saturated carbocycles. The SMILES string of the molecule is CCN1CCOC(CNCc2occc2C)C1. The molecule has 2 heterocycles. The van der Waals surface area contributed by atoms with E-state index < -0.39 is 0 Å². The van der Waals surface area contributed by atoms with Crippen molar-refractivity contribution < 1.29 is 9.15 Å². The summed E-state index contributed by atoms with van der Waals surface area (Å²) in [5.74, 6) is 1.02. The van der Waals surface area contributed by atoms with Gasteiger partial charge < -0.3 is 14.5 Å². The van der Waals surface area contributed by atoms with Gasteiger partial charge in [-0.3, -0.25) is 4.90 Å². The van der Waals surface area contributed by atoms with E-state index in [1.165, 1.54) is 5.56 Å². The molecule has 0 bridgehead atoms. The molecule has 1 aliphatic heterocycles. The number of furan rings is 1. The number of rotatable bonds is 5. The first kappa shape index (κ1) is 12.6. The summed E-state index contributed by atoms with van der Waals surface area (Å²) < 4.78 is 11.1. The first-order valence-electron chi connectivity index (χ1n) is 6.37. The molecule has 1 unspecified atom stereocenters. The minimum absolute atomic E-state index is 0.305. The van der Waals surface area contributed by atoms with Gasteiger partial charge in [0.25, 0.3) is 0 Å². The Hall–Kier alpha value is -0.840. The number of nitrogens with one attached hydrogen (secondary N) is 1. The first-order valence-corrected chi connectivity index (χ1v) is 6.37. The van der Waals surface area contributed by atoms with Crippen LogP contribution in [-0.4, -0.2) is 43.8 Å². The van der Waals surface area contributed by atoms with E-state index in [4.69, 9.17) is 9.15 Å². The van der Waals surface area contributed by atoms with Crippen LogP contribution in [0.25, 0.3) is 0 Å². The fourth-order valence-electron chi connectivity index (χ4n) is 2.12. The third-order valence-electron chi connectivity index (χ3n) is 3.30. The maximum atomic E-state index is 5.72. The minimum Gasteiger partial charge on any atom is -0.468 e. The number of aryl methyl sites for hydroxylation is 1. The molecule has 17 heavy (non-hydrogen) atoms. The summed E-state index contributed by atoms with van der Waals surface area (Å²) in [6, 6.07) is 1.99. The van der Waals surface area contributed by atoms with E-state index in [1.807, 2.05) is 6.07 Å². The molecule has 1 aromatic heterocycles. The fraction of sp³-hybridized carbons (Fsp3) is 0.692. The second-order valence-electron chi connectivity index (χ2n) is 4.54. The molecule has 4 heteroatoms. The number of nitrogens with zero attached hydrogens (tertiary/aromatic N) is 1. The maximum Gasteiger partial charge on any atom is 0.120 e. The molecule has 0 radical (unpaired) electrons.